The molecule has 1 atom stereocenters. The van der Waals surface area contributed by atoms with Gasteiger partial charge in [0.1, 0.15) is 0 Å². The van der Waals surface area contributed by atoms with Gasteiger partial charge in [0.2, 0.25) is 5.91 Å². The number of nitrogens with one attached hydrogen (secondary N) is 1. The average molecular weight is 277 g/mol. The van der Waals surface area contributed by atoms with Crippen molar-refractivity contribution >= 4 is 11.6 Å². The summed E-state index contributed by atoms with van der Waals surface area (Å²) in [6.45, 7) is 3.19. The molecule has 0 aliphatic carbocycles. The lowest BCUT2D eigenvalue weighted by molar-refractivity contribution is -0.116. The predicted molar refractivity (Wildman–Crippen MR) is 79.4 cm³/mol. The molecule has 0 spiro atoms. The van der Waals surface area contributed by atoms with Crippen molar-refractivity contribution < 1.29 is 9.53 Å². The van der Waals surface area contributed by atoms with E-state index in [0.717, 1.165) is 37.3 Å². The average Bonchev–Trinajstić information content (AvgIpc) is 2.93. The van der Waals surface area contributed by atoms with Gasteiger partial charge in [0.05, 0.1) is 6.10 Å². The number of benzene rings is 1. The van der Waals surface area contributed by atoms with Crippen LogP contribution in [0.3, 0.4) is 0 Å². The molecular weight excluding hydrogens is 254 g/mol. The van der Waals surface area contributed by atoms with E-state index in [4.69, 9.17) is 10.5 Å². The van der Waals surface area contributed by atoms with Crippen LogP contribution in [-0.4, -0.2) is 43.7 Å². The number of carbonyl (C=O) groups excluding carboxylic acids is 1. The van der Waals surface area contributed by atoms with Crippen molar-refractivity contribution in [2.45, 2.75) is 25.5 Å². The number of hydrogen-bond acceptors (Lipinski definition) is 4. The van der Waals surface area contributed by atoms with E-state index in [1.165, 1.54) is 0 Å². The Balaban J connectivity index is 1.75. The molecule has 1 unspecified atom stereocenters. The van der Waals surface area contributed by atoms with Crippen LogP contribution in [0, 0.1) is 0 Å². The number of nitrogens with two attached hydrogens (primary N) is 1. The van der Waals surface area contributed by atoms with Gasteiger partial charge in [0.25, 0.3) is 0 Å². The molecule has 0 aromatic heterocycles. The molecule has 1 aromatic rings. The van der Waals surface area contributed by atoms with E-state index in [1.807, 2.05) is 24.3 Å². The highest BCUT2D eigenvalue weighted by atomic mass is 16.5. The summed E-state index contributed by atoms with van der Waals surface area (Å²) in [5.74, 6) is 0.0417. The Morgan fingerprint density at radius 2 is 2.40 bits per heavy atom. The van der Waals surface area contributed by atoms with E-state index < -0.39 is 0 Å². The smallest absolute Gasteiger partial charge is 0.225 e. The molecule has 20 heavy (non-hydrogen) atoms. The van der Waals surface area contributed by atoms with Crippen LogP contribution in [0.15, 0.2) is 24.3 Å². The van der Waals surface area contributed by atoms with E-state index in [0.29, 0.717) is 19.1 Å². The highest BCUT2D eigenvalue weighted by Crippen LogP contribution is 2.13. The lowest BCUT2D eigenvalue weighted by Gasteiger charge is -2.15. The highest BCUT2D eigenvalue weighted by Gasteiger charge is 2.21. The Morgan fingerprint density at radius 3 is 3.10 bits per heavy atom. The van der Waals surface area contributed by atoms with Crippen LogP contribution < -0.4 is 11.1 Å². The number of ether oxygens (including phenoxy) is 1. The van der Waals surface area contributed by atoms with Crippen molar-refractivity contribution in [3.05, 3.63) is 29.8 Å². The van der Waals surface area contributed by atoms with Crippen LogP contribution in [-0.2, 0) is 16.1 Å². The zero-order chi connectivity index (χ0) is 14.4. The largest absolute Gasteiger partial charge is 0.380 e. The molecule has 1 aliphatic rings. The van der Waals surface area contributed by atoms with Gasteiger partial charge in [0, 0.05) is 45.4 Å². The number of carbonyl (C=O) groups is 1. The van der Waals surface area contributed by atoms with Crippen molar-refractivity contribution in [1.82, 2.24) is 4.90 Å². The maximum absolute atomic E-state index is 11.9. The minimum absolute atomic E-state index is 0.0417. The third-order valence-electron chi connectivity index (χ3n) is 3.66. The first-order valence-corrected chi connectivity index (χ1v) is 7.05. The number of hydrogen-bond donors (Lipinski definition) is 2. The number of rotatable bonds is 6. The monoisotopic (exact) mass is 277 g/mol. The van der Waals surface area contributed by atoms with Crippen LogP contribution >= 0.6 is 0 Å². The quantitative estimate of drug-likeness (QED) is 0.820. The van der Waals surface area contributed by atoms with E-state index in [2.05, 4.69) is 10.2 Å². The summed E-state index contributed by atoms with van der Waals surface area (Å²) in [6, 6.07) is 7.65. The van der Waals surface area contributed by atoms with Crippen LogP contribution in [0.1, 0.15) is 18.4 Å². The van der Waals surface area contributed by atoms with Crippen LogP contribution in [0.4, 0.5) is 5.69 Å². The molecule has 110 valence electrons. The van der Waals surface area contributed by atoms with Gasteiger partial charge >= 0.3 is 0 Å². The Labute approximate surface area is 120 Å². The normalized spacial score (nSPS) is 19.2. The van der Waals surface area contributed by atoms with Crippen molar-refractivity contribution in [2.75, 3.05) is 32.1 Å². The highest BCUT2D eigenvalue weighted by molar-refractivity contribution is 5.90. The standard InChI is InChI=1S/C15H23N3O2/c1-20-14-5-7-18(11-14)8-6-15(19)17-13-4-2-3-12(9-13)10-16/h2-4,9,14H,5-8,10-11,16H2,1H3,(H,17,19). The second-order valence-corrected chi connectivity index (χ2v) is 5.15. The van der Waals surface area contributed by atoms with Crippen LogP contribution in [0.25, 0.3) is 0 Å². The van der Waals surface area contributed by atoms with Gasteiger partial charge in [-0.15, -0.1) is 0 Å². The van der Waals surface area contributed by atoms with Crippen molar-refractivity contribution in [3.63, 3.8) is 0 Å². The fourth-order valence-corrected chi connectivity index (χ4v) is 2.45. The lowest BCUT2D eigenvalue weighted by Crippen LogP contribution is -2.27. The number of amides is 1. The van der Waals surface area contributed by atoms with Crippen LogP contribution in [0.5, 0.6) is 0 Å². The number of methoxy groups -OCH3 is 1. The van der Waals surface area contributed by atoms with Crippen molar-refractivity contribution in [3.8, 4) is 0 Å². The SMILES string of the molecule is COC1CCN(CCC(=O)Nc2cccc(CN)c2)C1. The molecule has 2 rings (SSSR count). The summed E-state index contributed by atoms with van der Waals surface area (Å²) in [5, 5.41) is 2.91. The zero-order valence-electron chi connectivity index (χ0n) is 12.0. The Morgan fingerprint density at radius 1 is 1.55 bits per heavy atom. The molecule has 3 N–H and O–H groups in total. The summed E-state index contributed by atoms with van der Waals surface area (Å²) in [4.78, 5) is 14.2. The van der Waals surface area contributed by atoms with E-state index in [-0.39, 0.29) is 5.91 Å². The van der Waals surface area contributed by atoms with E-state index >= 15 is 0 Å². The van der Waals surface area contributed by atoms with Gasteiger partial charge in [0.15, 0.2) is 0 Å². The first kappa shape index (κ1) is 15.0. The fourth-order valence-electron chi connectivity index (χ4n) is 2.45. The fraction of sp³-hybridized carbons (Fsp3) is 0.533. The lowest BCUT2D eigenvalue weighted by atomic mass is 10.2. The molecular formula is C15H23N3O2. The van der Waals surface area contributed by atoms with Gasteiger partial charge in [-0.05, 0) is 24.1 Å². The van der Waals surface area contributed by atoms with Gasteiger partial charge in [-0.25, -0.2) is 0 Å². The summed E-state index contributed by atoms with van der Waals surface area (Å²) in [6.07, 6.45) is 1.87. The second kappa shape index (κ2) is 7.38. The second-order valence-electron chi connectivity index (χ2n) is 5.15. The molecule has 0 saturated carbocycles. The number of likely N-dealkylation sites (tertiary alicyclic amines) is 1. The van der Waals surface area contributed by atoms with E-state index in [9.17, 15) is 4.79 Å². The molecule has 0 radical (unpaired) electrons. The van der Waals surface area contributed by atoms with Crippen molar-refractivity contribution in [2.24, 2.45) is 5.73 Å². The Kier molecular flexibility index (Phi) is 5.52. The maximum atomic E-state index is 11.9. The molecule has 1 heterocycles. The van der Waals surface area contributed by atoms with Crippen molar-refractivity contribution in [1.29, 1.82) is 0 Å². The summed E-state index contributed by atoms with van der Waals surface area (Å²) in [5.41, 5.74) is 7.42. The number of nitrogens with zero attached hydrogens (tertiary/aromatic N) is 1. The first-order valence-electron chi connectivity index (χ1n) is 7.05. The molecule has 1 fully saturated rings. The third kappa shape index (κ3) is 4.30. The Hall–Kier alpha value is -1.43. The maximum Gasteiger partial charge on any atom is 0.225 e. The molecule has 1 saturated heterocycles. The van der Waals surface area contributed by atoms with Gasteiger partial charge in [-0.2, -0.15) is 0 Å². The molecule has 5 heteroatoms. The summed E-state index contributed by atoms with van der Waals surface area (Å²) in [7, 11) is 1.74. The first-order chi connectivity index (χ1) is 9.71. The summed E-state index contributed by atoms with van der Waals surface area (Å²) < 4.78 is 5.32. The van der Waals surface area contributed by atoms with Gasteiger partial charge in [-0.1, -0.05) is 12.1 Å². The van der Waals surface area contributed by atoms with Crippen LogP contribution in [0.2, 0.25) is 0 Å². The predicted octanol–water partition coefficient (Wildman–Crippen LogP) is 1.19. The molecule has 0 bridgehead atoms. The minimum atomic E-state index is 0.0417. The molecule has 1 aromatic carbocycles. The zero-order valence-corrected chi connectivity index (χ0v) is 12.0. The molecule has 1 aliphatic heterocycles. The van der Waals surface area contributed by atoms with E-state index in [1.54, 1.807) is 7.11 Å². The summed E-state index contributed by atoms with van der Waals surface area (Å²) >= 11 is 0. The minimum Gasteiger partial charge on any atom is -0.380 e. The van der Waals surface area contributed by atoms with Gasteiger partial charge < -0.3 is 20.7 Å². The third-order valence-corrected chi connectivity index (χ3v) is 3.66. The molecule has 1 amide bonds. The topological polar surface area (TPSA) is 67.6 Å². The number of anilines is 1. The van der Waals surface area contributed by atoms with Gasteiger partial charge in [-0.3, -0.25) is 4.79 Å². The molecule has 5 nitrogen and oxygen atoms in total. The Bertz CT molecular complexity index is 450.